The molecule has 0 saturated carbocycles. The van der Waals surface area contributed by atoms with Crippen LogP contribution in [0, 0.1) is 0 Å². The van der Waals surface area contributed by atoms with Crippen molar-refractivity contribution in [2.24, 2.45) is 5.73 Å². The van der Waals surface area contributed by atoms with Crippen LogP contribution >= 0.6 is 0 Å². The number of allylic oxidation sites excluding steroid dienone is 2. The predicted octanol–water partition coefficient (Wildman–Crippen LogP) is 1.42. The Bertz CT molecular complexity index is 507. The van der Waals surface area contributed by atoms with Gasteiger partial charge >= 0.3 is 6.18 Å². The molecule has 0 aliphatic heterocycles. The fourth-order valence-electron chi connectivity index (χ4n) is 2.29. The highest BCUT2D eigenvalue weighted by Crippen LogP contribution is 2.42. The summed E-state index contributed by atoms with van der Waals surface area (Å²) < 4.78 is 46.6. The van der Waals surface area contributed by atoms with Gasteiger partial charge in [-0.3, -0.25) is 4.79 Å². The number of rotatable bonds is 5. The Hall–Kier alpha value is -1.38. The number of hydrogen-bond donors (Lipinski definition) is 3. The van der Waals surface area contributed by atoms with Gasteiger partial charge in [-0.2, -0.15) is 13.2 Å². The number of hydrogen-bond acceptors (Lipinski definition) is 4. The van der Waals surface area contributed by atoms with Gasteiger partial charge in [0.25, 0.3) is 0 Å². The van der Waals surface area contributed by atoms with Crippen LogP contribution in [-0.2, 0) is 9.53 Å². The number of amides is 1. The number of aliphatic hydroxyl groups excluding tert-OH is 1. The summed E-state index contributed by atoms with van der Waals surface area (Å²) in [6.07, 6.45) is -2.75. The van der Waals surface area contributed by atoms with Crippen LogP contribution in [0.3, 0.4) is 0 Å². The highest BCUT2D eigenvalue weighted by atomic mass is 19.4. The number of carbonyl (C=O) groups excluding carboxylic acids is 1. The third-order valence-electron chi connectivity index (χ3n) is 3.23. The van der Waals surface area contributed by atoms with E-state index in [0.29, 0.717) is 0 Å². The molecule has 132 valence electrons. The van der Waals surface area contributed by atoms with Gasteiger partial charge in [-0.15, -0.1) is 0 Å². The van der Waals surface area contributed by atoms with Crippen molar-refractivity contribution in [2.45, 2.75) is 57.2 Å². The zero-order chi connectivity index (χ0) is 18.1. The van der Waals surface area contributed by atoms with Crippen LogP contribution < -0.4 is 11.1 Å². The van der Waals surface area contributed by atoms with Crippen LogP contribution in [0.1, 0.15) is 27.7 Å². The van der Waals surface area contributed by atoms with Crippen molar-refractivity contribution >= 4 is 5.91 Å². The van der Waals surface area contributed by atoms with E-state index in [1.54, 1.807) is 20.8 Å². The Morgan fingerprint density at radius 2 is 2.04 bits per heavy atom. The summed E-state index contributed by atoms with van der Waals surface area (Å²) >= 11 is 0. The molecule has 4 N–H and O–H groups in total. The first-order valence-corrected chi connectivity index (χ1v) is 7.16. The number of ether oxygens (including phenoxy) is 1. The standard InChI is InChI=1S/C15H23F3N2O3/c1-9(21)8-23-14(15(16,17)18)7-5-6-10(12(19)22)11(14)20-13(2,3)4/h5-7,9,11,20-21H,8H2,1-4H3,(H2,19,22). The van der Waals surface area contributed by atoms with Crippen molar-refractivity contribution in [2.75, 3.05) is 6.61 Å². The zero-order valence-corrected chi connectivity index (χ0v) is 13.6. The number of carbonyl (C=O) groups is 1. The summed E-state index contributed by atoms with van der Waals surface area (Å²) in [6, 6.07) is -1.52. The molecule has 8 heteroatoms. The van der Waals surface area contributed by atoms with Gasteiger partial charge in [0, 0.05) is 11.1 Å². The van der Waals surface area contributed by atoms with Gasteiger partial charge in [-0.05, 0) is 33.8 Å². The summed E-state index contributed by atoms with van der Waals surface area (Å²) in [5.41, 5.74) is 1.48. The molecule has 0 spiro atoms. The van der Waals surface area contributed by atoms with Gasteiger partial charge in [0.05, 0.1) is 18.8 Å². The molecule has 23 heavy (non-hydrogen) atoms. The smallest absolute Gasteiger partial charge is 0.391 e. The quantitative estimate of drug-likeness (QED) is 0.709. The second-order valence-corrected chi connectivity index (χ2v) is 6.62. The molecular weight excluding hydrogens is 313 g/mol. The molecule has 0 aromatic carbocycles. The Balaban J connectivity index is 3.40. The fourth-order valence-corrected chi connectivity index (χ4v) is 2.29. The van der Waals surface area contributed by atoms with E-state index in [4.69, 9.17) is 10.5 Å². The van der Waals surface area contributed by atoms with E-state index < -0.39 is 42.0 Å². The van der Waals surface area contributed by atoms with Crippen LogP contribution in [0.5, 0.6) is 0 Å². The first-order chi connectivity index (χ1) is 10.3. The van der Waals surface area contributed by atoms with E-state index >= 15 is 0 Å². The first-order valence-electron chi connectivity index (χ1n) is 7.16. The minimum atomic E-state index is -4.82. The predicted molar refractivity (Wildman–Crippen MR) is 79.5 cm³/mol. The maximum Gasteiger partial charge on any atom is 0.423 e. The average Bonchev–Trinajstić information content (AvgIpc) is 2.33. The zero-order valence-electron chi connectivity index (χ0n) is 13.6. The van der Waals surface area contributed by atoms with Crippen LogP contribution in [0.15, 0.2) is 23.8 Å². The van der Waals surface area contributed by atoms with E-state index in [1.165, 1.54) is 13.0 Å². The molecule has 0 aromatic heterocycles. The summed E-state index contributed by atoms with van der Waals surface area (Å²) in [7, 11) is 0. The lowest BCUT2D eigenvalue weighted by Gasteiger charge is -2.44. The minimum absolute atomic E-state index is 0.231. The average molecular weight is 336 g/mol. The summed E-state index contributed by atoms with van der Waals surface area (Å²) in [6.45, 7) is 5.77. The van der Waals surface area contributed by atoms with Gasteiger partial charge in [-0.25, -0.2) is 0 Å². The maximum absolute atomic E-state index is 13.8. The lowest BCUT2D eigenvalue weighted by Crippen LogP contribution is -2.66. The highest BCUT2D eigenvalue weighted by Gasteiger charge is 2.62. The van der Waals surface area contributed by atoms with Gasteiger partial charge in [0.15, 0.2) is 0 Å². The monoisotopic (exact) mass is 336 g/mol. The molecule has 1 aliphatic rings. The van der Waals surface area contributed by atoms with Crippen molar-refractivity contribution in [3.63, 3.8) is 0 Å². The summed E-state index contributed by atoms with van der Waals surface area (Å²) in [5.74, 6) is -0.967. The molecule has 0 fully saturated rings. The Kier molecular flexibility index (Phi) is 5.66. The number of primary amides is 1. The van der Waals surface area contributed by atoms with Crippen LogP contribution in [-0.4, -0.2) is 47.1 Å². The molecule has 0 radical (unpaired) electrons. The van der Waals surface area contributed by atoms with E-state index in [1.807, 2.05) is 0 Å². The lowest BCUT2D eigenvalue weighted by molar-refractivity contribution is -0.269. The SMILES string of the molecule is CC(O)COC1(C(F)(F)F)C=CC=C(C(N)=O)C1NC(C)(C)C. The minimum Gasteiger partial charge on any atom is -0.391 e. The Morgan fingerprint density at radius 3 is 2.43 bits per heavy atom. The third kappa shape index (κ3) is 4.55. The molecule has 0 bridgehead atoms. The molecule has 0 heterocycles. The second-order valence-electron chi connectivity index (χ2n) is 6.62. The van der Waals surface area contributed by atoms with E-state index in [0.717, 1.165) is 12.2 Å². The normalized spacial score (nSPS) is 26.8. The van der Waals surface area contributed by atoms with Crippen molar-refractivity contribution in [1.82, 2.24) is 5.32 Å². The van der Waals surface area contributed by atoms with Crippen LogP contribution in [0.4, 0.5) is 13.2 Å². The third-order valence-corrected chi connectivity index (χ3v) is 3.23. The summed E-state index contributed by atoms with van der Waals surface area (Å²) in [4.78, 5) is 11.6. The number of halogens is 3. The molecule has 0 aromatic rings. The lowest BCUT2D eigenvalue weighted by atomic mass is 9.81. The maximum atomic E-state index is 13.8. The molecule has 0 saturated heterocycles. The van der Waals surface area contributed by atoms with Crippen LogP contribution in [0.25, 0.3) is 0 Å². The number of nitrogens with two attached hydrogens (primary N) is 1. The molecule has 1 amide bonds. The number of nitrogens with one attached hydrogen (secondary N) is 1. The number of aliphatic hydroxyl groups is 1. The van der Waals surface area contributed by atoms with Gasteiger partial charge < -0.3 is 20.9 Å². The van der Waals surface area contributed by atoms with Crippen molar-refractivity contribution in [1.29, 1.82) is 0 Å². The van der Waals surface area contributed by atoms with Gasteiger partial charge in [-0.1, -0.05) is 12.2 Å². The van der Waals surface area contributed by atoms with Crippen molar-refractivity contribution < 1.29 is 27.8 Å². The molecule has 3 atom stereocenters. The molecule has 5 nitrogen and oxygen atoms in total. The van der Waals surface area contributed by atoms with E-state index in [2.05, 4.69) is 5.32 Å². The van der Waals surface area contributed by atoms with Gasteiger partial charge in [0.2, 0.25) is 11.5 Å². The largest absolute Gasteiger partial charge is 0.423 e. The summed E-state index contributed by atoms with van der Waals surface area (Å²) in [5, 5.41) is 12.1. The molecule has 3 unspecified atom stereocenters. The first kappa shape index (κ1) is 19.7. The van der Waals surface area contributed by atoms with Gasteiger partial charge in [0.1, 0.15) is 0 Å². The second kappa shape index (κ2) is 6.62. The van der Waals surface area contributed by atoms with E-state index in [-0.39, 0.29) is 5.57 Å². The molecular formula is C15H23F3N2O3. The Labute approximate surface area is 133 Å². The Morgan fingerprint density at radius 1 is 1.48 bits per heavy atom. The number of alkyl halides is 3. The van der Waals surface area contributed by atoms with Crippen molar-refractivity contribution in [3.05, 3.63) is 23.8 Å². The van der Waals surface area contributed by atoms with Crippen LogP contribution in [0.2, 0.25) is 0 Å². The topological polar surface area (TPSA) is 84.6 Å². The molecule has 1 aliphatic carbocycles. The fraction of sp³-hybridized carbons (Fsp3) is 0.667. The van der Waals surface area contributed by atoms with E-state index in [9.17, 15) is 23.1 Å². The van der Waals surface area contributed by atoms with Crippen molar-refractivity contribution in [3.8, 4) is 0 Å². The highest BCUT2D eigenvalue weighted by molar-refractivity contribution is 5.94. The molecule has 1 rings (SSSR count).